The Morgan fingerprint density at radius 2 is 1.97 bits per heavy atom. The van der Waals surface area contributed by atoms with E-state index in [4.69, 9.17) is 21.7 Å². The number of hydrogen-bond acceptors (Lipinski definition) is 3. The van der Waals surface area contributed by atoms with Gasteiger partial charge < -0.3 is 10.2 Å². The lowest BCUT2D eigenvalue weighted by Gasteiger charge is -2.28. The van der Waals surface area contributed by atoms with Crippen molar-refractivity contribution in [3.05, 3.63) is 46.6 Å². The first kappa shape index (κ1) is 20.2. The molecule has 0 aliphatic heterocycles. The number of nitrogens with zero attached hydrogens (tertiary/aromatic N) is 3. The van der Waals surface area contributed by atoms with Crippen LogP contribution in [0, 0.1) is 5.41 Å². The van der Waals surface area contributed by atoms with Crippen LogP contribution in [0.15, 0.2) is 30.3 Å². The molecule has 0 atom stereocenters. The van der Waals surface area contributed by atoms with Crippen molar-refractivity contribution in [1.29, 1.82) is 0 Å². The standard InChI is InChI=1S/C23H30ClN5/c1-23(2,15-28(3)4)14-25-22-18-10-5-6-11-19(18)26-21-13-20(27-29(21)22)16-8-7-9-17(24)12-16/h7-9,12-13,25H,5-6,10-11,14-15H2,1-4H3/p+1. The van der Waals surface area contributed by atoms with Gasteiger partial charge >= 0.3 is 0 Å². The lowest BCUT2D eigenvalue weighted by atomic mass is 9.92. The number of halogens is 1. The van der Waals surface area contributed by atoms with E-state index >= 15 is 0 Å². The van der Waals surface area contributed by atoms with E-state index in [0.29, 0.717) is 0 Å². The summed E-state index contributed by atoms with van der Waals surface area (Å²) in [5.41, 5.74) is 5.56. The van der Waals surface area contributed by atoms with Gasteiger partial charge in [-0.15, -0.1) is 0 Å². The normalized spacial score (nSPS) is 14.4. The number of aryl methyl sites for hydroxylation is 1. The van der Waals surface area contributed by atoms with Gasteiger partial charge in [0.2, 0.25) is 0 Å². The van der Waals surface area contributed by atoms with E-state index in [1.807, 2.05) is 28.8 Å². The minimum Gasteiger partial charge on any atom is -0.369 e. The molecule has 3 aromatic rings. The predicted molar refractivity (Wildman–Crippen MR) is 120 cm³/mol. The first-order valence-corrected chi connectivity index (χ1v) is 10.9. The Morgan fingerprint density at radius 1 is 1.17 bits per heavy atom. The van der Waals surface area contributed by atoms with Crippen LogP contribution in [0.5, 0.6) is 0 Å². The number of benzene rings is 1. The van der Waals surface area contributed by atoms with Crippen molar-refractivity contribution in [2.45, 2.75) is 39.5 Å². The number of aromatic nitrogens is 3. The van der Waals surface area contributed by atoms with E-state index in [1.54, 1.807) is 0 Å². The fraction of sp³-hybridized carbons (Fsp3) is 0.478. The van der Waals surface area contributed by atoms with Gasteiger partial charge in [-0.1, -0.05) is 37.6 Å². The molecule has 2 aromatic heterocycles. The van der Waals surface area contributed by atoms with Crippen LogP contribution in [0.3, 0.4) is 0 Å². The van der Waals surface area contributed by atoms with Crippen molar-refractivity contribution >= 4 is 23.1 Å². The molecule has 0 amide bonds. The first-order valence-electron chi connectivity index (χ1n) is 10.5. The maximum Gasteiger partial charge on any atom is 0.158 e. The Morgan fingerprint density at radius 3 is 2.72 bits per heavy atom. The third kappa shape index (κ3) is 4.41. The number of hydrogen-bond donors (Lipinski definition) is 2. The summed E-state index contributed by atoms with van der Waals surface area (Å²) in [4.78, 5) is 6.42. The molecule has 0 fully saturated rings. The van der Waals surface area contributed by atoms with E-state index in [0.717, 1.165) is 53.7 Å². The maximum absolute atomic E-state index is 6.21. The van der Waals surface area contributed by atoms with Gasteiger partial charge in [0.1, 0.15) is 5.82 Å². The van der Waals surface area contributed by atoms with Gasteiger partial charge in [0.05, 0.1) is 26.3 Å². The summed E-state index contributed by atoms with van der Waals surface area (Å²) in [5, 5.41) is 9.40. The van der Waals surface area contributed by atoms with Gasteiger partial charge in [-0.2, -0.15) is 9.61 Å². The second kappa shape index (κ2) is 7.96. The molecule has 1 aliphatic carbocycles. The minimum absolute atomic E-state index is 0.179. The highest BCUT2D eigenvalue weighted by Crippen LogP contribution is 2.31. The molecule has 2 heterocycles. The summed E-state index contributed by atoms with van der Waals surface area (Å²) in [5.74, 6) is 1.11. The number of nitrogens with one attached hydrogen (secondary N) is 2. The minimum atomic E-state index is 0.179. The molecule has 0 spiro atoms. The van der Waals surface area contributed by atoms with Crippen molar-refractivity contribution in [2.24, 2.45) is 5.41 Å². The van der Waals surface area contributed by atoms with Gasteiger partial charge in [-0.25, -0.2) is 4.98 Å². The van der Waals surface area contributed by atoms with Crippen molar-refractivity contribution in [2.75, 3.05) is 32.5 Å². The number of anilines is 1. The lowest BCUT2D eigenvalue weighted by molar-refractivity contribution is -0.865. The number of fused-ring (bicyclic) bond motifs is 2. The molecule has 154 valence electrons. The van der Waals surface area contributed by atoms with Crippen LogP contribution in [0.2, 0.25) is 5.02 Å². The molecule has 1 aromatic carbocycles. The highest BCUT2D eigenvalue weighted by molar-refractivity contribution is 6.30. The van der Waals surface area contributed by atoms with E-state index in [2.05, 4.69) is 39.3 Å². The van der Waals surface area contributed by atoms with Crippen LogP contribution in [0.1, 0.15) is 37.9 Å². The molecule has 0 saturated heterocycles. The third-order valence-electron chi connectivity index (χ3n) is 5.56. The zero-order valence-corrected chi connectivity index (χ0v) is 18.6. The van der Waals surface area contributed by atoms with E-state index in [9.17, 15) is 0 Å². The average Bonchev–Trinajstić information content (AvgIpc) is 3.08. The molecule has 1 aliphatic rings. The molecule has 5 nitrogen and oxygen atoms in total. The smallest absolute Gasteiger partial charge is 0.158 e. The molecule has 0 bridgehead atoms. The highest BCUT2D eigenvalue weighted by atomic mass is 35.5. The summed E-state index contributed by atoms with van der Waals surface area (Å²) < 4.78 is 2.00. The predicted octanol–water partition coefficient (Wildman–Crippen LogP) is 3.51. The molecule has 29 heavy (non-hydrogen) atoms. The van der Waals surface area contributed by atoms with Crippen molar-refractivity contribution in [1.82, 2.24) is 14.6 Å². The largest absolute Gasteiger partial charge is 0.369 e. The zero-order chi connectivity index (χ0) is 20.6. The second-order valence-electron chi connectivity index (χ2n) is 9.30. The van der Waals surface area contributed by atoms with Gasteiger partial charge in [0.15, 0.2) is 5.65 Å². The fourth-order valence-corrected chi connectivity index (χ4v) is 4.65. The fourth-order valence-electron chi connectivity index (χ4n) is 4.46. The van der Waals surface area contributed by atoms with Crippen LogP contribution in [-0.4, -0.2) is 41.8 Å². The summed E-state index contributed by atoms with van der Waals surface area (Å²) in [6, 6.07) is 9.93. The molecule has 0 radical (unpaired) electrons. The highest BCUT2D eigenvalue weighted by Gasteiger charge is 2.25. The van der Waals surface area contributed by atoms with E-state index < -0.39 is 0 Å². The lowest BCUT2D eigenvalue weighted by Crippen LogP contribution is -3.07. The molecular weight excluding hydrogens is 382 g/mol. The van der Waals surface area contributed by atoms with Crippen LogP contribution in [0.25, 0.3) is 16.9 Å². The Balaban J connectivity index is 1.76. The number of rotatable bonds is 6. The van der Waals surface area contributed by atoms with Crippen molar-refractivity contribution in [3.63, 3.8) is 0 Å². The van der Waals surface area contributed by atoms with Gasteiger partial charge in [-0.05, 0) is 37.8 Å². The molecule has 4 rings (SSSR count). The molecular formula is C23H31ClN5+. The second-order valence-corrected chi connectivity index (χ2v) is 9.74. The van der Waals surface area contributed by atoms with E-state index in [1.165, 1.54) is 29.0 Å². The third-order valence-corrected chi connectivity index (χ3v) is 5.80. The van der Waals surface area contributed by atoms with Crippen molar-refractivity contribution < 1.29 is 4.90 Å². The summed E-state index contributed by atoms with van der Waals surface area (Å²) in [6.07, 6.45) is 4.53. The van der Waals surface area contributed by atoms with Gasteiger partial charge in [0.25, 0.3) is 0 Å². The Hall–Kier alpha value is -2.11. The molecule has 6 heteroatoms. The summed E-state index contributed by atoms with van der Waals surface area (Å²) >= 11 is 6.21. The molecule has 0 unspecified atom stereocenters. The Bertz CT molecular complexity index is 1020. The summed E-state index contributed by atoms with van der Waals surface area (Å²) in [7, 11) is 4.41. The first-order chi connectivity index (χ1) is 13.8. The average molecular weight is 413 g/mol. The Labute approximate surface area is 178 Å². The SMILES string of the molecule is C[NH+](C)CC(C)(C)CNc1c2c(nc3cc(-c4cccc(Cl)c4)nn13)CCCC2. The maximum atomic E-state index is 6.21. The zero-order valence-electron chi connectivity index (χ0n) is 17.8. The van der Waals surface area contributed by atoms with Crippen LogP contribution >= 0.6 is 11.6 Å². The topological polar surface area (TPSA) is 46.7 Å². The Kier molecular flexibility index (Phi) is 5.54. The molecule has 0 saturated carbocycles. The van der Waals surface area contributed by atoms with Crippen LogP contribution in [0.4, 0.5) is 5.82 Å². The van der Waals surface area contributed by atoms with E-state index in [-0.39, 0.29) is 5.41 Å². The van der Waals surface area contributed by atoms with Crippen LogP contribution in [-0.2, 0) is 12.8 Å². The monoisotopic (exact) mass is 412 g/mol. The quantitative estimate of drug-likeness (QED) is 0.651. The molecule has 2 N–H and O–H groups in total. The van der Waals surface area contributed by atoms with Crippen molar-refractivity contribution in [3.8, 4) is 11.3 Å². The van der Waals surface area contributed by atoms with Crippen LogP contribution < -0.4 is 10.2 Å². The number of quaternary nitrogens is 1. The summed E-state index contributed by atoms with van der Waals surface area (Å²) in [6.45, 7) is 6.63. The van der Waals surface area contributed by atoms with Gasteiger partial charge in [0, 0.05) is 39.9 Å². The van der Waals surface area contributed by atoms with Gasteiger partial charge in [-0.3, -0.25) is 0 Å².